The van der Waals surface area contributed by atoms with Crippen molar-refractivity contribution in [3.8, 4) is 5.69 Å². The van der Waals surface area contributed by atoms with Gasteiger partial charge >= 0.3 is 11.7 Å². The zero-order valence-electron chi connectivity index (χ0n) is 10.8. The number of aromatic amines is 1. The summed E-state index contributed by atoms with van der Waals surface area (Å²) in [5, 5.41) is 9.23. The van der Waals surface area contributed by atoms with E-state index in [2.05, 4.69) is 4.98 Å². The monoisotopic (exact) mass is 290 g/mol. The Bertz CT molecular complexity index is 832. The standard InChI is InChI=1S/C14H11FN2O4/c15-8-3-5-9(6-4-8)17-12(18)10(13(19)20)11(7-1-2-7)16-14(17)21/h3-7H,1-2H2,(H,16,21)(H,19,20). The highest BCUT2D eigenvalue weighted by molar-refractivity contribution is 5.88. The molecule has 0 saturated heterocycles. The lowest BCUT2D eigenvalue weighted by atomic mass is 10.1. The number of aromatic nitrogens is 2. The molecular weight excluding hydrogens is 279 g/mol. The topological polar surface area (TPSA) is 92.2 Å². The van der Waals surface area contributed by atoms with Gasteiger partial charge in [-0.1, -0.05) is 0 Å². The molecule has 1 aromatic carbocycles. The number of halogens is 1. The van der Waals surface area contributed by atoms with Crippen molar-refractivity contribution in [2.75, 3.05) is 0 Å². The summed E-state index contributed by atoms with van der Waals surface area (Å²) in [5.74, 6) is -1.98. The molecule has 0 aliphatic heterocycles. The molecule has 1 aromatic heterocycles. The summed E-state index contributed by atoms with van der Waals surface area (Å²) in [5.41, 5.74) is -1.76. The van der Waals surface area contributed by atoms with Crippen LogP contribution in [-0.2, 0) is 0 Å². The maximum atomic E-state index is 12.9. The molecule has 2 aromatic rings. The Morgan fingerprint density at radius 3 is 2.38 bits per heavy atom. The van der Waals surface area contributed by atoms with E-state index in [0.29, 0.717) is 4.57 Å². The van der Waals surface area contributed by atoms with E-state index in [0.717, 1.165) is 25.0 Å². The van der Waals surface area contributed by atoms with Crippen LogP contribution in [0.1, 0.15) is 34.8 Å². The van der Waals surface area contributed by atoms with Gasteiger partial charge in [0.2, 0.25) is 0 Å². The molecule has 3 rings (SSSR count). The zero-order valence-corrected chi connectivity index (χ0v) is 10.8. The van der Waals surface area contributed by atoms with E-state index in [4.69, 9.17) is 0 Å². The number of hydrogen-bond donors (Lipinski definition) is 2. The van der Waals surface area contributed by atoms with Gasteiger partial charge in [-0.2, -0.15) is 0 Å². The maximum absolute atomic E-state index is 12.9. The number of benzene rings is 1. The van der Waals surface area contributed by atoms with E-state index >= 15 is 0 Å². The normalized spacial score (nSPS) is 14.1. The summed E-state index contributed by atoms with van der Waals surface area (Å²) in [7, 11) is 0. The SMILES string of the molecule is O=C(O)c1c(C2CC2)[nH]c(=O)n(-c2ccc(F)cc2)c1=O. The highest BCUT2D eigenvalue weighted by Crippen LogP contribution is 2.39. The molecule has 0 bridgehead atoms. The van der Waals surface area contributed by atoms with Gasteiger partial charge in [0.25, 0.3) is 5.56 Å². The number of carbonyl (C=O) groups is 1. The molecule has 1 saturated carbocycles. The van der Waals surface area contributed by atoms with Crippen molar-refractivity contribution in [1.29, 1.82) is 0 Å². The Morgan fingerprint density at radius 2 is 1.86 bits per heavy atom. The van der Waals surface area contributed by atoms with Crippen molar-refractivity contribution in [1.82, 2.24) is 9.55 Å². The molecule has 0 atom stereocenters. The van der Waals surface area contributed by atoms with Gasteiger partial charge in [0.15, 0.2) is 0 Å². The van der Waals surface area contributed by atoms with Crippen LogP contribution in [0.2, 0.25) is 0 Å². The predicted octanol–water partition coefficient (Wildman–Crippen LogP) is 1.24. The Kier molecular flexibility index (Phi) is 2.97. The van der Waals surface area contributed by atoms with Crippen LogP contribution < -0.4 is 11.2 Å². The number of carboxylic acid groups (broad SMARTS) is 1. The lowest BCUT2D eigenvalue weighted by Gasteiger charge is -2.09. The summed E-state index contributed by atoms with van der Waals surface area (Å²) in [4.78, 5) is 38.2. The van der Waals surface area contributed by atoms with Crippen LogP contribution in [0.15, 0.2) is 33.9 Å². The molecular formula is C14H11FN2O4. The van der Waals surface area contributed by atoms with E-state index in [-0.39, 0.29) is 17.3 Å². The van der Waals surface area contributed by atoms with Gasteiger partial charge in [0.1, 0.15) is 11.4 Å². The molecule has 6 nitrogen and oxygen atoms in total. The number of nitrogens with one attached hydrogen (secondary N) is 1. The van der Waals surface area contributed by atoms with Gasteiger partial charge in [-0.25, -0.2) is 18.5 Å². The van der Waals surface area contributed by atoms with Gasteiger partial charge in [-0.3, -0.25) is 4.79 Å². The van der Waals surface area contributed by atoms with Crippen molar-refractivity contribution in [3.05, 3.63) is 62.2 Å². The van der Waals surface area contributed by atoms with E-state index in [1.54, 1.807) is 0 Å². The van der Waals surface area contributed by atoms with Crippen LogP contribution in [-0.4, -0.2) is 20.6 Å². The van der Waals surface area contributed by atoms with Gasteiger partial charge in [-0.15, -0.1) is 0 Å². The number of nitrogens with zero attached hydrogens (tertiary/aromatic N) is 1. The molecule has 1 fully saturated rings. The third kappa shape index (κ3) is 2.26. The maximum Gasteiger partial charge on any atom is 0.343 e. The summed E-state index contributed by atoms with van der Waals surface area (Å²) < 4.78 is 13.6. The third-order valence-electron chi connectivity index (χ3n) is 3.42. The molecule has 1 heterocycles. The minimum absolute atomic E-state index is 0.0839. The first kappa shape index (κ1) is 13.3. The zero-order chi connectivity index (χ0) is 15.1. The smallest absolute Gasteiger partial charge is 0.343 e. The van der Waals surface area contributed by atoms with Gasteiger partial charge in [0.05, 0.1) is 5.69 Å². The van der Waals surface area contributed by atoms with Crippen molar-refractivity contribution in [3.63, 3.8) is 0 Å². The summed E-state index contributed by atoms with van der Waals surface area (Å²) in [6, 6.07) is 4.68. The molecule has 0 amide bonds. The minimum atomic E-state index is -1.38. The van der Waals surface area contributed by atoms with E-state index in [1.807, 2.05) is 0 Å². The van der Waals surface area contributed by atoms with Crippen LogP contribution >= 0.6 is 0 Å². The summed E-state index contributed by atoms with van der Waals surface area (Å²) >= 11 is 0. The first-order valence-corrected chi connectivity index (χ1v) is 6.37. The number of aromatic carboxylic acids is 1. The van der Waals surface area contributed by atoms with E-state index < -0.39 is 28.6 Å². The Morgan fingerprint density at radius 1 is 1.24 bits per heavy atom. The molecule has 0 unspecified atom stereocenters. The Labute approximate surface area is 117 Å². The fourth-order valence-corrected chi connectivity index (χ4v) is 2.26. The number of hydrogen-bond acceptors (Lipinski definition) is 3. The van der Waals surface area contributed by atoms with Gasteiger partial charge < -0.3 is 10.1 Å². The second-order valence-corrected chi connectivity index (χ2v) is 4.92. The highest BCUT2D eigenvalue weighted by Gasteiger charge is 2.32. The van der Waals surface area contributed by atoms with Crippen LogP contribution in [0.25, 0.3) is 5.69 Å². The van der Waals surface area contributed by atoms with E-state index in [1.165, 1.54) is 12.1 Å². The van der Waals surface area contributed by atoms with E-state index in [9.17, 15) is 23.9 Å². The second kappa shape index (κ2) is 4.69. The third-order valence-corrected chi connectivity index (χ3v) is 3.42. The molecule has 108 valence electrons. The second-order valence-electron chi connectivity index (χ2n) is 4.92. The average Bonchev–Trinajstić information content (AvgIpc) is 3.24. The number of rotatable bonds is 3. The number of H-pyrrole nitrogens is 1. The minimum Gasteiger partial charge on any atom is -0.477 e. The van der Waals surface area contributed by atoms with Crippen LogP contribution in [0.3, 0.4) is 0 Å². The highest BCUT2D eigenvalue weighted by atomic mass is 19.1. The average molecular weight is 290 g/mol. The molecule has 2 N–H and O–H groups in total. The predicted molar refractivity (Wildman–Crippen MR) is 71.6 cm³/mol. The molecule has 1 aliphatic carbocycles. The lowest BCUT2D eigenvalue weighted by Crippen LogP contribution is -2.38. The number of carboxylic acids is 1. The molecule has 1 aliphatic rings. The molecule has 7 heteroatoms. The first-order valence-electron chi connectivity index (χ1n) is 6.37. The lowest BCUT2D eigenvalue weighted by molar-refractivity contribution is 0.0692. The van der Waals surface area contributed by atoms with Crippen molar-refractivity contribution in [2.45, 2.75) is 18.8 Å². The first-order chi connectivity index (χ1) is 9.99. The fraction of sp³-hybridized carbons (Fsp3) is 0.214. The van der Waals surface area contributed by atoms with Gasteiger partial charge in [0, 0.05) is 11.6 Å². The largest absolute Gasteiger partial charge is 0.477 e. The molecule has 0 radical (unpaired) electrons. The Balaban J connectivity index is 2.29. The van der Waals surface area contributed by atoms with Crippen molar-refractivity contribution < 1.29 is 14.3 Å². The van der Waals surface area contributed by atoms with Crippen LogP contribution in [0, 0.1) is 5.82 Å². The van der Waals surface area contributed by atoms with Crippen molar-refractivity contribution in [2.24, 2.45) is 0 Å². The molecule has 0 spiro atoms. The fourth-order valence-electron chi connectivity index (χ4n) is 2.26. The summed E-state index contributed by atoms with van der Waals surface area (Å²) in [6.45, 7) is 0. The summed E-state index contributed by atoms with van der Waals surface area (Å²) in [6.07, 6.45) is 1.49. The quantitative estimate of drug-likeness (QED) is 0.889. The van der Waals surface area contributed by atoms with Crippen LogP contribution in [0.4, 0.5) is 4.39 Å². The Hall–Kier alpha value is -2.70. The van der Waals surface area contributed by atoms with Crippen LogP contribution in [0.5, 0.6) is 0 Å². The van der Waals surface area contributed by atoms with Gasteiger partial charge in [-0.05, 0) is 37.1 Å². The molecule has 21 heavy (non-hydrogen) atoms. The van der Waals surface area contributed by atoms with Crippen molar-refractivity contribution >= 4 is 5.97 Å².